The van der Waals surface area contributed by atoms with Crippen molar-refractivity contribution in [2.75, 3.05) is 13.7 Å². The topological polar surface area (TPSA) is 67.9 Å². The Bertz CT molecular complexity index is 430. The predicted molar refractivity (Wildman–Crippen MR) is 82.5 cm³/mol. The number of amides is 1. The first-order valence-electron chi connectivity index (χ1n) is 8.07. The predicted octanol–water partition coefficient (Wildman–Crippen LogP) is 2.07. The van der Waals surface area contributed by atoms with Crippen molar-refractivity contribution in [2.45, 2.75) is 76.6 Å². The largest absolute Gasteiger partial charge is 0.464 e. The van der Waals surface area contributed by atoms with Gasteiger partial charge in [0.2, 0.25) is 0 Å². The Morgan fingerprint density at radius 3 is 2.23 bits per heavy atom. The zero-order chi connectivity index (χ0) is 16.5. The minimum Gasteiger partial charge on any atom is -0.464 e. The summed E-state index contributed by atoms with van der Waals surface area (Å²) in [6.45, 7) is 7.51. The maximum Gasteiger partial charge on any atom is 0.408 e. The highest BCUT2D eigenvalue weighted by atomic mass is 16.6. The van der Waals surface area contributed by atoms with Gasteiger partial charge in [0.05, 0.1) is 6.61 Å². The molecule has 0 aromatic rings. The molecule has 6 heteroatoms. The SMILES string of the molecule is CCOC(=O)C1(NC(=O)OC(C)(C)C)CC2CCC(C1)N2C. The lowest BCUT2D eigenvalue weighted by molar-refractivity contribution is -0.154. The van der Waals surface area contributed by atoms with Crippen LogP contribution in [-0.2, 0) is 14.3 Å². The number of alkyl carbamates (subject to hydrolysis) is 1. The Hall–Kier alpha value is -1.30. The summed E-state index contributed by atoms with van der Waals surface area (Å²) in [7, 11) is 2.09. The molecule has 0 saturated carbocycles. The second kappa shape index (κ2) is 6.07. The zero-order valence-electron chi connectivity index (χ0n) is 14.3. The number of esters is 1. The van der Waals surface area contributed by atoms with E-state index in [0.29, 0.717) is 31.5 Å². The van der Waals surface area contributed by atoms with E-state index in [1.54, 1.807) is 6.92 Å². The Labute approximate surface area is 132 Å². The molecule has 2 fully saturated rings. The van der Waals surface area contributed by atoms with Crippen LogP contribution in [0.1, 0.15) is 53.4 Å². The molecule has 2 atom stereocenters. The Morgan fingerprint density at radius 2 is 1.77 bits per heavy atom. The normalized spacial score (nSPS) is 31.7. The van der Waals surface area contributed by atoms with Gasteiger partial charge >= 0.3 is 12.1 Å². The number of hydrogen-bond donors (Lipinski definition) is 1. The van der Waals surface area contributed by atoms with Gasteiger partial charge in [0.15, 0.2) is 0 Å². The van der Waals surface area contributed by atoms with Gasteiger partial charge < -0.3 is 19.7 Å². The van der Waals surface area contributed by atoms with E-state index in [0.717, 1.165) is 12.8 Å². The average Bonchev–Trinajstić information content (AvgIpc) is 2.60. The van der Waals surface area contributed by atoms with Crippen molar-refractivity contribution in [1.82, 2.24) is 10.2 Å². The fraction of sp³-hybridized carbons (Fsp3) is 0.875. The molecule has 22 heavy (non-hydrogen) atoms. The number of carbonyl (C=O) groups excluding carboxylic acids is 2. The van der Waals surface area contributed by atoms with Crippen LogP contribution < -0.4 is 5.32 Å². The Morgan fingerprint density at radius 1 is 1.23 bits per heavy atom. The standard InChI is InChI=1S/C16H28N2O4/c1-6-21-13(19)16(17-14(20)22-15(2,3)4)9-11-7-8-12(10-16)18(11)5/h11-12H,6-10H2,1-5H3,(H,17,20). The molecule has 0 spiro atoms. The maximum atomic E-state index is 12.5. The lowest BCUT2D eigenvalue weighted by Crippen LogP contribution is -2.63. The fourth-order valence-corrected chi connectivity index (χ4v) is 3.56. The van der Waals surface area contributed by atoms with E-state index in [1.807, 2.05) is 20.8 Å². The van der Waals surface area contributed by atoms with Crippen molar-refractivity contribution in [2.24, 2.45) is 0 Å². The lowest BCUT2D eigenvalue weighted by Gasteiger charge is -2.43. The number of nitrogens with one attached hydrogen (secondary N) is 1. The van der Waals surface area contributed by atoms with Crippen molar-refractivity contribution in [3.8, 4) is 0 Å². The quantitative estimate of drug-likeness (QED) is 0.808. The van der Waals surface area contributed by atoms with Crippen LogP contribution in [-0.4, -0.2) is 53.8 Å². The van der Waals surface area contributed by atoms with E-state index in [1.165, 1.54) is 0 Å². The van der Waals surface area contributed by atoms with Crippen molar-refractivity contribution < 1.29 is 19.1 Å². The van der Waals surface area contributed by atoms with Crippen molar-refractivity contribution in [3.63, 3.8) is 0 Å². The third-order valence-corrected chi connectivity index (χ3v) is 4.56. The van der Waals surface area contributed by atoms with E-state index in [-0.39, 0.29) is 5.97 Å². The third-order valence-electron chi connectivity index (χ3n) is 4.56. The highest BCUT2D eigenvalue weighted by molar-refractivity contribution is 5.86. The molecule has 2 aliphatic heterocycles. The monoisotopic (exact) mass is 312 g/mol. The van der Waals surface area contributed by atoms with E-state index in [9.17, 15) is 9.59 Å². The van der Waals surface area contributed by atoms with Crippen molar-refractivity contribution >= 4 is 12.1 Å². The van der Waals surface area contributed by atoms with Crippen LogP contribution in [0.3, 0.4) is 0 Å². The van der Waals surface area contributed by atoms with Gasteiger partial charge in [0.1, 0.15) is 11.1 Å². The first-order chi connectivity index (χ1) is 10.2. The molecule has 2 bridgehead atoms. The van der Waals surface area contributed by atoms with E-state index in [2.05, 4.69) is 17.3 Å². The van der Waals surface area contributed by atoms with Crippen molar-refractivity contribution in [1.29, 1.82) is 0 Å². The molecule has 0 radical (unpaired) electrons. The van der Waals surface area contributed by atoms with Gasteiger partial charge in [-0.05, 0) is 60.4 Å². The fourth-order valence-electron chi connectivity index (χ4n) is 3.56. The number of carbonyl (C=O) groups is 2. The second-order valence-electron chi connectivity index (χ2n) is 7.39. The summed E-state index contributed by atoms with van der Waals surface area (Å²) in [6.07, 6.45) is 2.72. The number of hydrogen-bond acceptors (Lipinski definition) is 5. The number of fused-ring (bicyclic) bond motifs is 2. The summed E-state index contributed by atoms with van der Waals surface area (Å²) in [5.74, 6) is -0.342. The Kier molecular flexibility index (Phi) is 4.70. The first-order valence-corrected chi connectivity index (χ1v) is 8.07. The first kappa shape index (κ1) is 17.1. The van der Waals surface area contributed by atoms with Crippen LogP contribution in [0.4, 0.5) is 4.79 Å². The lowest BCUT2D eigenvalue weighted by atomic mass is 9.83. The molecular weight excluding hydrogens is 284 g/mol. The van der Waals surface area contributed by atoms with Gasteiger partial charge in [0.25, 0.3) is 0 Å². The Balaban J connectivity index is 2.17. The van der Waals surface area contributed by atoms with Crippen molar-refractivity contribution in [3.05, 3.63) is 0 Å². The molecule has 126 valence electrons. The molecule has 2 aliphatic rings. The van der Waals surface area contributed by atoms with Crippen LogP contribution in [0.5, 0.6) is 0 Å². The van der Waals surface area contributed by atoms with Gasteiger partial charge in [0, 0.05) is 12.1 Å². The molecule has 1 N–H and O–H groups in total. The number of piperidine rings is 1. The summed E-state index contributed by atoms with van der Waals surface area (Å²) in [6, 6.07) is 0.608. The van der Waals surface area contributed by atoms with Crippen LogP contribution in [0.25, 0.3) is 0 Å². The molecule has 1 amide bonds. The second-order valence-corrected chi connectivity index (χ2v) is 7.39. The minimum atomic E-state index is -0.962. The van der Waals surface area contributed by atoms with Gasteiger partial charge in [-0.1, -0.05) is 0 Å². The summed E-state index contributed by atoms with van der Waals surface area (Å²) < 4.78 is 10.6. The van der Waals surface area contributed by atoms with Gasteiger partial charge in [-0.15, -0.1) is 0 Å². The molecule has 2 unspecified atom stereocenters. The zero-order valence-corrected chi connectivity index (χ0v) is 14.3. The average molecular weight is 312 g/mol. The van der Waals surface area contributed by atoms with Gasteiger partial charge in [-0.3, -0.25) is 0 Å². The molecule has 2 saturated heterocycles. The molecule has 2 rings (SSSR count). The van der Waals surface area contributed by atoms with Crippen LogP contribution >= 0.6 is 0 Å². The van der Waals surface area contributed by atoms with E-state index in [4.69, 9.17) is 9.47 Å². The summed E-state index contributed by atoms with van der Waals surface area (Å²) in [5, 5.41) is 2.83. The van der Waals surface area contributed by atoms with Crippen LogP contribution in [0.2, 0.25) is 0 Å². The smallest absolute Gasteiger partial charge is 0.408 e. The summed E-state index contributed by atoms with van der Waals surface area (Å²) in [5.41, 5.74) is -1.55. The molecule has 6 nitrogen and oxygen atoms in total. The maximum absolute atomic E-state index is 12.5. The molecular formula is C16H28N2O4. The molecule has 0 aromatic carbocycles. The molecule has 0 aromatic heterocycles. The van der Waals surface area contributed by atoms with Crippen LogP contribution in [0.15, 0.2) is 0 Å². The highest BCUT2D eigenvalue weighted by Crippen LogP contribution is 2.40. The van der Waals surface area contributed by atoms with Gasteiger partial charge in [-0.2, -0.15) is 0 Å². The third kappa shape index (κ3) is 3.54. The number of nitrogens with zero attached hydrogens (tertiary/aromatic N) is 1. The summed E-state index contributed by atoms with van der Waals surface area (Å²) in [4.78, 5) is 27.1. The van der Waals surface area contributed by atoms with E-state index < -0.39 is 17.2 Å². The van der Waals surface area contributed by atoms with Gasteiger partial charge in [-0.25, -0.2) is 9.59 Å². The number of rotatable bonds is 3. The summed E-state index contributed by atoms with van der Waals surface area (Å²) >= 11 is 0. The van der Waals surface area contributed by atoms with E-state index >= 15 is 0 Å². The molecule has 0 aliphatic carbocycles. The highest BCUT2D eigenvalue weighted by Gasteiger charge is 2.53. The molecule has 2 heterocycles. The van der Waals surface area contributed by atoms with Crippen LogP contribution in [0, 0.1) is 0 Å². The minimum absolute atomic E-state index is 0.304. The number of ether oxygens (including phenoxy) is 2.